The topological polar surface area (TPSA) is 43.4 Å². The number of Topliss-reactive ketones (excluding diaryl/α,β-unsaturated/α-hetero) is 1. The molecule has 2 atom stereocenters. The lowest BCUT2D eigenvalue weighted by Gasteiger charge is -2.42. The summed E-state index contributed by atoms with van der Waals surface area (Å²) in [6.45, 7) is 4.25. The Morgan fingerprint density at radius 2 is 1.26 bits per heavy atom. The molecule has 0 radical (unpaired) electrons. The largest absolute Gasteiger partial charge is 0.458 e. The highest BCUT2D eigenvalue weighted by Crippen LogP contribution is 2.39. The number of cyclic esters (lactones) is 1. The zero-order chi connectivity index (χ0) is 24.7. The summed E-state index contributed by atoms with van der Waals surface area (Å²) >= 11 is 0. The Morgan fingerprint density at radius 1 is 0.771 bits per heavy atom. The van der Waals surface area contributed by atoms with Crippen molar-refractivity contribution in [2.75, 3.05) is 0 Å². The average molecular weight is 469 g/mol. The van der Waals surface area contributed by atoms with Crippen molar-refractivity contribution in [2.45, 2.75) is 58.0 Å². The molecular weight excluding hydrogens is 432 g/mol. The van der Waals surface area contributed by atoms with Gasteiger partial charge in [-0.3, -0.25) is 9.59 Å². The Labute approximate surface area is 209 Å². The van der Waals surface area contributed by atoms with Crippen molar-refractivity contribution in [3.8, 4) is 0 Å². The van der Waals surface area contributed by atoms with E-state index in [-0.39, 0.29) is 17.7 Å². The van der Waals surface area contributed by atoms with Gasteiger partial charge in [-0.1, -0.05) is 105 Å². The number of hydrogen-bond acceptors (Lipinski definition) is 3. The fourth-order valence-corrected chi connectivity index (χ4v) is 5.58. The first-order valence-electron chi connectivity index (χ1n) is 12.8. The number of esters is 1. The predicted octanol–water partition coefficient (Wildman–Crippen LogP) is 6.64. The molecule has 1 saturated heterocycles. The van der Waals surface area contributed by atoms with E-state index in [1.165, 1.54) is 5.56 Å². The molecule has 35 heavy (non-hydrogen) atoms. The van der Waals surface area contributed by atoms with E-state index in [9.17, 15) is 9.59 Å². The van der Waals surface area contributed by atoms with Gasteiger partial charge in [-0.15, -0.1) is 0 Å². The summed E-state index contributed by atoms with van der Waals surface area (Å²) in [4.78, 5) is 27.3. The van der Waals surface area contributed by atoms with Crippen LogP contribution in [-0.2, 0) is 33.6 Å². The van der Waals surface area contributed by atoms with Crippen molar-refractivity contribution in [3.05, 3.63) is 108 Å². The lowest BCUT2D eigenvalue weighted by molar-refractivity contribution is -0.183. The normalized spacial score (nSPS) is 20.3. The molecule has 182 valence electrons. The van der Waals surface area contributed by atoms with Gasteiger partial charge in [-0.25, -0.2) is 0 Å². The molecule has 0 saturated carbocycles. The maximum Gasteiger partial charge on any atom is 0.317 e. The van der Waals surface area contributed by atoms with Crippen LogP contribution in [0.15, 0.2) is 91.0 Å². The SMILES string of the molecule is CC(C)CC1(CCc2ccccc2)CC(=O)C(C(Cc2ccccc2)Cc2ccccc2)C(=O)O1. The van der Waals surface area contributed by atoms with Crippen molar-refractivity contribution in [1.82, 2.24) is 0 Å². The van der Waals surface area contributed by atoms with E-state index < -0.39 is 11.5 Å². The first-order chi connectivity index (χ1) is 16.9. The molecule has 1 heterocycles. The minimum absolute atomic E-state index is 0.0341. The highest BCUT2D eigenvalue weighted by Gasteiger charge is 2.49. The molecule has 0 aliphatic carbocycles. The monoisotopic (exact) mass is 468 g/mol. The van der Waals surface area contributed by atoms with Crippen LogP contribution in [0.3, 0.4) is 0 Å². The van der Waals surface area contributed by atoms with Gasteiger partial charge in [0.05, 0.1) is 0 Å². The van der Waals surface area contributed by atoms with Gasteiger partial charge in [0.1, 0.15) is 11.5 Å². The first-order valence-corrected chi connectivity index (χ1v) is 12.8. The molecule has 0 bridgehead atoms. The van der Waals surface area contributed by atoms with E-state index in [0.717, 1.165) is 17.5 Å². The van der Waals surface area contributed by atoms with Crippen LogP contribution in [0, 0.1) is 17.8 Å². The van der Waals surface area contributed by atoms with E-state index in [4.69, 9.17) is 4.74 Å². The lowest BCUT2D eigenvalue weighted by Crippen LogP contribution is -2.51. The molecule has 1 aliphatic heterocycles. The molecule has 3 heteroatoms. The standard InChI is InChI=1S/C32H36O3/c1-24(2)22-32(19-18-25-12-6-3-7-13-25)23-29(33)30(31(34)35-32)28(20-26-14-8-4-9-15-26)21-27-16-10-5-11-17-27/h3-17,24,28,30H,18-23H2,1-2H3. The molecule has 1 fully saturated rings. The van der Waals surface area contributed by atoms with Crippen LogP contribution in [0.25, 0.3) is 0 Å². The quantitative estimate of drug-likeness (QED) is 0.247. The summed E-state index contributed by atoms with van der Waals surface area (Å²) in [5.41, 5.74) is 2.75. The van der Waals surface area contributed by atoms with E-state index in [1.807, 2.05) is 54.6 Å². The number of aryl methyl sites for hydroxylation is 1. The van der Waals surface area contributed by atoms with E-state index in [1.54, 1.807) is 0 Å². The molecule has 0 N–H and O–H groups in total. The highest BCUT2D eigenvalue weighted by molar-refractivity contribution is 6.02. The zero-order valence-electron chi connectivity index (χ0n) is 20.9. The number of carbonyl (C=O) groups excluding carboxylic acids is 2. The second kappa shape index (κ2) is 11.5. The van der Waals surface area contributed by atoms with E-state index in [2.05, 4.69) is 50.2 Å². The second-order valence-corrected chi connectivity index (χ2v) is 10.4. The third-order valence-electron chi connectivity index (χ3n) is 7.06. The van der Waals surface area contributed by atoms with Crippen molar-refractivity contribution in [2.24, 2.45) is 17.8 Å². The maximum absolute atomic E-state index is 13.7. The predicted molar refractivity (Wildman–Crippen MR) is 140 cm³/mol. The Bertz CT molecular complexity index is 1030. The van der Waals surface area contributed by atoms with Crippen LogP contribution in [0.2, 0.25) is 0 Å². The molecule has 4 rings (SSSR count). The highest BCUT2D eigenvalue weighted by atomic mass is 16.6. The molecule has 1 aliphatic rings. The van der Waals surface area contributed by atoms with Crippen molar-refractivity contribution in [1.29, 1.82) is 0 Å². The molecule has 3 aromatic carbocycles. The number of rotatable bonds is 10. The molecule has 3 nitrogen and oxygen atoms in total. The van der Waals surface area contributed by atoms with E-state index >= 15 is 0 Å². The van der Waals surface area contributed by atoms with Crippen molar-refractivity contribution < 1.29 is 14.3 Å². The van der Waals surface area contributed by atoms with Gasteiger partial charge in [-0.05, 0) is 60.6 Å². The summed E-state index contributed by atoms with van der Waals surface area (Å²) in [5.74, 6) is -0.843. The summed E-state index contributed by atoms with van der Waals surface area (Å²) in [6, 6.07) is 30.5. The van der Waals surface area contributed by atoms with Gasteiger partial charge >= 0.3 is 5.97 Å². The number of ketones is 1. The summed E-state index contributed by atoms with van der Waals surface area (Å²) < 4.78 is 6.29. The summed E-state index contributed by atoms with van der Waals surface area (Å²) in [6.07, 6.45) is 3.79. The maximum atomic E-state index is 13.7. The van der Waals surface area contributed by atoms with Crippen LogP contribution in [-0.4, -0.2) is 17.4 Å². The van der Waals surface area contributed by atoms with Gasteiger partial charge in [0.15, 0.2) is 5.78 Å². The van der Waals surface area contributed by atoms with Crippen LogP contribution in [0.4, 0.5) is 0 Å². The third kappa shape index (κ3) is 6.69. The Hall–Kier alpha value is -3.20. The zero-order valence-corrected chi connectivity index (χ0v) is 20.9. The summed E-state index contributed by atoms with van der Waals surface area (Å²) in [5, 5.41) is 0. The Balaban J connectivity index is 1.57. The molecule has 0 amide bonds. The molecular formula is C32H36O3. The Morgan fingerprint density at radius 3 is 1.71 bits per heavy atom. The van der Waals surface area contributed by atoms with Crippen LogP contribution >= 0.6 is 0 Å². The average Bonchev–Trinajstić information content (AvgIpc) is 2.84. The van der Waals surface area contributed by atoms with Gasteiger partial charge in [0, 0.05) is 6.42 Å². The van der Waals surface area contributed by atoms with Crippen LogP contribution < -0.4 is 0 Å². The second-order valence-electron chi connectivity index (χ2n) is 10.4. The van der Waals surface area contributed by atoms with Gasteiger partial charge in [0.2, 0.25) is 0 Å². The lowest BCUT2D eigenvalue weighted by atomic mass is 9.73. The minimum atomic E-state index is -0.729. The third-order valence-corrected chi connectivity index (χ3v) is 7.06. The Kier molecular flexibility index (Phi) is 8.17. The molecule has 0 aromatic heterocycles. The van der Waals surface area contributed by atoms with Crippen LogP contribution in [0.1, 0.15) is 49.8 Å². The fourth-order valence-electron chi connectivity index (χ4n) is 5.58. The van der Waals surface area contributed by atoms with Gasteiger partial charge < -0.3 is 4.74 Å². The molecule has 3 aromatic rings. The van der Waals surface area contributed by atoms with Crippen molar-refractivity contribution >= 4 is 11.8 Å². The molecule has 2 unspecified atom stereocenters. The smallest absolute Gasteiger partial charge is 0.317 e. The number of carbonyl (C=O) groups is 2. The van der Waals surface area contributed by atoms with Crippen molar-refractivity contribution in [3.63, 3.8) is 0 Å². The number of benzene rings is 3. The number of hydrogen-bond donors (Lipinski definition) is 0. The van der Waals surface area contributed by atoms with Gasteiger partial charge in [0.25, 0.3) is 0 Å². The minimum Gasteiger partial charge on any atom is -0.458 e. The molecule has 0 spiro atoms. The van der Waals surface area contributed by atoms with E-state index in [0.29, 0.717) is 38.0 Å². The number of ether oxygens (including phenoxy) is 1. The van der Waals surface area contributed by atoms with Gasteiger partial charge in [-0.2, -0.15) is 0 Å². The summed E-state index contributed by atoms with van der Waals surface area (Å²) in [7, 11) is 0. The van der Waals surface area contributed by atoms with Crippen LogP contribution in [0.5, 0.6) is 0 Å². The first kappa shape index (κ1) is 24.9. The fraction of sp³-hybridized carbons (Fsp3) is 0.375.